The van der Waals surface area contributed by atoms with Gasteiger partial charge in [-0.1, -0.05) is 29.8 Å². The Morgan fingerprint density at radius 3 is 2.59 bits per heavy atom. The Hall–Kier alpha value is -0.870. The van der Waals surface area contributed by atoms with Gasteiger partial charge in [-0.25, -0.2) is 0 Å². The lowest BCUT2D eigenvalue weighted by atomic mass is 10.1. The molecule has 90 valence electrons. The Balaban J connectivity index is 2.23. The van der Waals surface area contributed by atoms with Crippen molar-refractivity contribution < 1.29 is 4.74 Å². The SMILES string of the molecule is NCCOC(c1ccc(Cl)cc1)c1cccs1. The zero-order chi connectivity index (χ0) is 12.1. The van der Waals surface area contributed by atoms with Gasteiger partial charge < -0.3 is 10.5 Å². The van der Waals surface area contributed by atoms with Gasteiger partial charge in [-0.05, 0) is 29.1 Å². The number of hydrogen-bond donors (Lipinski definition) is 1. The van der Waals surface area contributed by atoms with Crippen LogP contribution >= 0.6 is 22.9 Å². The molecule has 17 heavy (non-hydrogen) atoms. The Kier molecular flexibility index (Phi) is 4.57. The summed E-state index contributed by atoms with van der Waals surface area (Å²) in [5.41, 5.74) is 6.59. The minimum atomic E-state index is -0.0455. The van der Waals surface area contributed by atoms with Gasteiger partial charge in [0, 0.05) is 16.4 Å². The predicted molar refractivity (Wildman–Crippen MR) is 72.6 cm³/mol. The van der Waals surface area contributed by atoms with E-state index in [1.165, 1.54) is 4.88 Å². The molecule has 0 aliphatic heterocycles. The number of halogens is 1. The average molecular weight is 268 g/mol. The molecule has 2 nitrogen and oxygen atoms in total. The predicted octanol–water partition coefficient (Wildman–Crippen LogP) is 3.47. The normalized spacial score (nSPS) is 12.6. The van der Waals surface area contributed by atoms with Gasteiger partial charge in [-0.3, -0.25) is 0 Å². The fourth-order valence-corrected chi connectivity index (χ4v) is 2.53. The van der Waals surface area contributed by atoms with Gasteiger partial charge in [-0.15, -0.1) is 11.3 Å². The Morgan fingerprint density at radius 1 is 1.24 bits per heavy atom. The van der Waals surface area contributed by atoms with Crippen LogP contribution in [-0.2, 0) is 4.74 Å². The van der Waals surface area contributed by atoms with E-state index in [0.717, 1.165) is 10.6 Å². The van der Waals surface area contributed by atoms with Crippen LogP contribution < -0.4 is 5.73 Å². The van der Waals surface area contributed by atoms with Gasteiger partial charge in [0.15, 0.2) is 0 Å². The highest BCUT2D eigenvalue weighted by atomic mass is 35.5. The highest BCUT2D eigenvalue weighted by Gasteiger charge is 2.15. The molecular formula is C13H14ClNOS. The van der Waals surface area contributed by atoms with Gasteiger partial charge in [0.05, 0.1) is 6.61 Å². The fourth-order valence-electron chi connectivity index (χ4n) is 1.61. The minimum absolute atomic E-state index is 0.0455. The summed E-state index contributed by atoms with van der Waals surface area (Å²) >= 11 is 7.57. The topological polar surface area (TPSA) is 35.2 Å². The summed E-state index contributed by atoms with van der Waals surface area (Å²) in [5, 5.41) is 2.78. The number of nitrogens with two attached hydrogens (primary N) is 1. The molecule has 4 heteroatoms. The molecule has 2 aromatic rings. The first-order valence-electron chi connectivity index (χ1n) is 5.42. The molecule has 2 N–H and O–H groups in total. The van der Waals surface area contributed by atoms with Gasteiger partial charge in [0.2, 0.25) is 0 Å². The maximum absolute atomic E-state index is 5.89. The second-order valence-electron chi connectivity index (χ2n) is 3.61. The molecule has 1 heterocycles. The maximum atomic E-state index is 5.89. The third-order valence-electron chi connectivity index (χ3n) is 2.38. The number of hydrogen-bond acceptors (Lipinski definition) is 3. The molecule has 0 amide bonds. The summed E-state index contributed by atoms with van der Waals surface area (Å²) in [6.45, 7) is 1.07. The quantitative estimate of drug-likeness (QED) is 0.900. The maximum Gasteiger partial charge on any atom is 0.117 e. The molecule has 1 unspecified atom stereocenters. The van der Waals surface area contributed by atoms with Crippen molar-refractivity contribution >= 4 is 22.9 Å². The van der Waals surface area contributed by atoms with Crippen molar-refractivity contribution in [1.29, 1.82) is 0 Å². The van der Waals surface area contributed by atoms with E-state index in [2.05, 4.69) is 6.07 Å². The second kappa shape index (κ2) is 6.17. The monoisotopic (exact) mass is 267 g/mol. The third kappa shape index (κ3) is 3.30. The van der Waals surface area contributed by atoms with Crippen LogP contribution in [0.1, 0.15) is 16.5 Å². The van der Waals surface area contributed by atoms with E-state index in [-0.39, 0.29) is 6.10 Å². The minimum Gasteiger partial charge on any atom is -0.367 e. The molecule has 2 rings (SSSR count). The standard InChI is InChI=1S/C13H14ClNOS/c14-11-5-3-10(4-6-11)13(16-8-7-15)12-2-1-9-17-12/h1-6,9,13H,7-8,15H2. The van der Waals surface area contributed by atoms with E-state index >= 15 is 0 Å². The van der Waals surface area contributed by atoms with Crippen LogP contribution in [0.3, 0.4) is 0 Å². The highest BCUT2D eigenvalue weighted by molar-refractivity contribution is 7.10. The summed E-state index contributed by atoms with van der Waals surface area (Å²) in [7, 11) is 0. The number of ether oxygens (including phenoxy) is 1. The number of rotatable bonds is 5. The van der Waals surface area contributed by atoms with Crippen molar-refractivity contribution in [1.82, 2.24) is 0 Å². The van der Waals surface area contributed by atoms with Crippen LogP contribution in [0, 0.1) is 0 Å². The van der Waals surface area contributed by atoms with E-state index in [4.69, 9.17) is 22.1 Å². The first kappa shape index (κ1) is 12.6. The third-order valence-corrected chi connectivity index (χ3v) is 3.54. The smallest absolute Gasteiger partial charge is 0.117 e. The lowest BCUT2D eigenvalue weighted by Gasteiger charge is -2.16. The van der Waals surface area contributed by atoms with Gasteiger partial charge in [0.1, 0.15) is 6.10 Å². The molecule has 0 saturated heterocycles. The Morgan fingerprint density at radius 2 is 2.00 bits per heavy atom. The van der Waals surface area contributed by atoms with Crippen molar-refractivity contribution in [3.63, 3.8) is 0 Å². The van der Waals surface area contributed by atoms with Crippen LogP contribution in [0.25, 0.3) is 0 Å². The number of thiophene rings is 1. The Bertz CT molecular complexity index is 441. The lowest BCUT2D eigenvalue weighted by molar-refractivity contribution is 0.0888. The second-order valence-corrected chi connectivity index (χ2v) is 5.02. The van der Waals surface area contributed by atoms with Crippen LogP contribution in [0.4, 0.5) is 0 Å². The summed E-state index contributed by atoms with van der Waals surface area (Å²) in [4.78, 5) is 1.18. The summed E-state index contributed by atoms with van der Waals surface area (Å²) in [5.74, 6) is 0. The molecule has 0 spiro atoms. The van der Waals surface area contributed by atoms with E-state index in [1.807, 2.05) is 35.7 Å². The molecule has 1 aromatic heterocycles. The van der Waals surface area contributed by atoms with Crippen LogP contribution in [-0.4, -0.2) is 13.2 Å². The molecule has 0 bridgehead atoms. The van der Waals surface area contributed by atoms with Crippen molar-refractivity contribution in [2.75, 3.05) is 13.2 Å². The molecule has 0 aliphatic carbocycles. The van der Waals surface area contributed by atoms with Crippen LogP contribution in [0.2, 0.25) is 5.02 Å². The molecule has 1 aromatic carbocycles. The van der Waals surface area contributed by atoms with E-state index in [1.54, 1.807) is 11.3 Å². The van der Waals surface area contributed by atoms with Crippen molar-refractivity contribution in [2.24, 2.45) is 5.73 Å². The highest BCUT2D eigenvalue weighted by Crippen LogP contribution is 2.29. The first-order chi connectivity index (χ1) is 8.31. The largest absolute Gasteiger partial charge is 0.367 e. The average Bonchev–Trinajstić information content (AvgIpc) is 2.85. The summed E-state index contributed by atoms with van der Waals surface area (Å²) in [6.07, 6.45) is -0.0455. The lowest BCUT2D eigenvalue weighted by Crippen LogP contribution is -2.13. The van der Waals surface area contributed by atoms with Crippen molar-refractivity contribution in [3.8, 4) is 0 Å². The van der Waals surface area contributed by atoms with Crippen molar-refractivity contribution in [2.45, 2.75) is 6.10 Å². The van der Waals surface area contributed by atoms with Gasteiger partial charge in [-0.2, -0.15) is 0 Å². The molecular weight excluding hydrogens is 254 g/mol. The van der Waals surface area contributed by atoms with Crippen LogP contribution in [0.15, 0.2) is 41.8 Å². The van der Waals surface area contributed by atoms with Gasteiger partial charge in [0.25, 0.3) is 0 Å². The zero-order valence-corrected chi connectivity index (χ0v) is 10.9. The Labute approximate surface area is 110 Å². The molecule has 0 fully saturated rings. The summed E-state index contributed by atoms with van der Waals surface area (Å²) < 4.78 is 5.80. The zero-order valence-electron chi connectivity index (χ0n) is 9.30. The number of benzene rings is 1. The van der Waals surface area contributed by atoms with E-state index < -0.39 is 0 Å². The van der Waals surface area contributed by atoms with Gasteiger partial charge >= 0.3 is 0 Å². The molecule has 0 saturated carbocycles. The fraction of sp³-hybridized carbons (Fsp3) is 0.231. The van der Waals surface area contributed by atoms with Crippen molar-refractivity contribution in [3.05, 3.63) is 57.2 Å². The first-order valence-corrected chi connectivity index (χ1v) is 6.67. The molecule has 1 atom stereocenters. The summed E-state index contributed by atoms with van der Waals surface area (Å²) in [6, 6.07) is 11.8. The van der Waals surface area contributed by atoms with Crippen LogP contribution in [0.5, 0.6) is 0 Å². The molecule has 0 radical (unpaired) electrons. The van der Waals surface area contributed by atoms with E-state index in [9.17, 15) is 0 Å². The van der Waals surface area contributed by atoms with E-state index in [0.29, 0.717) is 13.2 Å². The molecule has 0 aliphatic rings.